The Morgan fingerprint density at radius 1 is 1.03 bits per heavy atom. The Morgan fingerprint density at radius 2 is 1.72 bits per heavy atom. The van der Waals surface area contributed by atoms with E-state index in [1.807, 2.05) is 37.3 Å². The number of carbonyl (C=O) groups is 2. The SMILES string of the molecule is C=CCc1cc(C=C2NC(=O)N(Cc3ccc(F)cc3)C2=O)cc(OC)c1OCc1ccc(C)cc1. The van der Waals surface area contributed by atoms with Gasteiger partial charge in [0.1, 0.15) is 18.1 Å². The number of methoxy groups -OCH3 is 1. The van der Waals surface area contributed by atoms with Gasteiger partial charge in [0.25, 0.3) is 5.91 Å². The van der Waals surface area contributed by atoms with Crippen molar-refractivity contribution >= 4 is 18.0 Å². The molecule has 3 amide bonds. The van der Waals surface area contributed by atoms with Gasteiger partial charge in [0.2, 0.25) is 0 Å². The van der Waals surface area contributed by atoms with E-state index in [0.29, 0.717) is 35.7 Å². The smallest absolute Gasteiger partial charge is 0.329 e. The molecule has 1 aliphatic rings. The first-order valence-corrected chi connectivity index (χ1v) is 11.5. The number of allylic oxidation sites excluding steroid dienone is 1. The van der Waals surface area contributed by atoms with Gasteiger partial charge in [0, 0.05) is 5.56 Å². The second-order valence-corrected chi connectivity index (χ2v) is 8.48. The lowest BCUT2D eigenvalue weighted by Crippen LogP contribution is -2.30. The van der Waals surface area contributed by atoms with Crippen molar-refractivity contribution in [3.8, 4) is 11.5 Å². The van der Waals surface area contributed by atoms with Gasteiger partial charge in [0.05, 0.1) is 13.7 Å². The minimum atomic E-state index is -0.535. The molecule has 0 atom stereocenters. The number of benzene rings is 3. The molecule has 1 aliphatic heterocycles. The third-order valence-corrected chi connectivity index (χ3v) is 5.77. The molecule has 6 nitrogen and oxygen atoms in total. The zero-order chi connectivity index (χ0) is 25.7. The maximum Gasteiger partial charge on any atom is 0.329 e. The van der Waals surface area contributed by atoms with E-state index in [9.17, 15) is 14.0 Å². The molecular weight excluding hydrogens is 459 g/mol. The Morgan fingerprint density at radius 3 is 2.39 bits per heavy atom. The molecular formula is C29H27FN2O4. The third-order valence-electron chi connectivity index (χ3n) is 5.77. The van der Waals surface area contributed by atoms with Crippen LogP contribution in [0.5, 0.6) is 11.5 Å². The van der Waals surface area contributed by atoms with Crippen molar-refractivity contribution in [1.82, 2.24) is 10.2 Å². The van der Waals surface area contributed by atoms with E-state index < -0.39 is 11.9 Å². The molecule has 1 fully saturated rings. The van der Waals surface area contributed by atoms with E-state index in [0.717, 1.165) is 16.0 Å². The van der Waals surface area contributed by atoms with Crippen LogP contribution >= 0.6 is 0 Å². The summed E-state index contributed by atoms with van der Waals surface area (Å²) in [6.45, 7) is 6.28. The molecule has 0 radical (unpaired) electrons. The van der Waals surface area contributed by atoms with E-state index >= 15 is 0 Å². The number of carbonyl (C=O) groups excluding carboxylic acids is 2. The fourth-order valence-corrected chi connectivity index (χ4v) is 3.88. The highest BCUT2D eigenvalue weighted by atomic mass is 19.1. The topological polar surface area (TPSA) is 67.9 Å². The van der Waals surface area contributed by atoms with Crippen molar-refractivity contribution < 1.29 is 23.5 Å². The van der Waals surface area contributed by atoms with E-state index in [4.69, 9.17) is 9.47 Å². The van der Waals surface area contributed by atoms with Gasteiger partial charge in [-0.1, -0.05) is 48.0 Å². The summed E-state index contributed by atoms with van der Waals surface area (Å²) < 4.78 is 24.9. The van der Waals surface area contributed by atoms with Crippen LogP contribution in [0.15, 0.2) is 79.0 Å². The lowest BCUT2D eigenvalue weighted by Gasteiger charge is -2.16. The lowest BCUT2D eigenvalue weighted by molar-refractivity contribution is -0.123. The highest BCUT2D eigenvalue weighted by Crippen LogP contribution is 2.35. The number of hydrogen-bond donors (Lipinski definition) is 1. The van der Waals surface area contributed by atoms with Crippen molar-refractivity contribution in [2.45, 2.75) is 26.5 Å². The van der Waals surface area contributed by atoms with Gasteiger partial charge in [-0.05, 0) is 60.4 Å². The molecule has 1 saturated heterocycles. The zero-order valence-corrected chi connectivity index (χ0v) is 20.2. The van der Waals surface area contributed by atoms with Crippen LogP contribution in [0, 0.1) is 12.7 Å². The fourth-order valence-electron chi connectivity index (χ4n) is 3.88. The summed E-state index contributed by atoms with van der Waals surface area (Å²) >= 11 is 0. The van der Waals surface area contributed by atoms with Crippen LogP contribution in [0.25, 0.3) is 6.08 Å². The molecule has 4 rings (SSSR count). The van der Waals surface area contributed by atoms with Crippen LogP contribution < -0.4 is 14.8 Å². The second-order valence-electron chi connectivity index (χ2n) is 8.48. The molecule has 0 spiro atoms. The first kappa shape index (κ1) is 24.7. The van der Waals surface area contributed by atoms with Gasteiger partial charge in [0.15, 0.2) is 11.5 Å². The molecule has 3 aromatic carbocycles. The quantitative estimate of drug-likeness (QED) is 0.245. The van der Waals surface area contributed by atoms with Crippen molar-refractivity contribution in [3.63, 3.8) is 0 Å². The van der Waals surface area contributed by atoms with Crippen LogP contribution in [-0.4, -0.2) is 23.9 Å². The Hall–Kier alpha value is -4.39. The van der Waals surface area contributed by atoms with E-state index in [-0.39, 0.29) is 18.1 Å². The molecule has 3 aromatic rings. The summed E-state index contributed by atoms with van der Waals surface area (Å²) in [5.74, 6) is 0.258. The van der Waals surface area contributed by atoms with Crippen LogP contribution in [0.1, 0.15) is 27.8 Å². The summed E-state index contributed by atoms with van der Waals surface area (Å²) in [5.41, 5.74) is 4.49. The molecule has 0 aromatic heterocycles. The molecule has 0 bridgehead atoms. The van der Waals surface area contributed by atoms with Crippen molar-refractivity contribution in [2.24, 2.45) is 0 Å². The number of urea groups is 1. The first-order valence-electron chi connectivity index (χ1n) is 11.5. The standard InChI is InChI=1S/C29H27FN2O4/c1-4-5-23-14-22(16-26(35-3)27(23)36-18-21-8-6-19(2)7-9-21)15-25-28(33)32(29(34)31-25)17-20-10-12-24(30)13-11-20/h4,6-16H,1,5,17-18H2,2-3H3,(H,31,34). The molecule has 7 heteroatoms. The molecule has 0 unspecified atom stereocenters. The van der Waals surface area contributed by atoms with Crippen LogP contribution in [0.3, 0.4) is 0 Å². The van der Waals surface area contributed by atoms with Gasteiger partial charge >= 0.3 is 6.03 Å². The second kappa shape index (κ2) is 10.9. The van der Waals surface area contributed by atoms with Crippen LogP contribution in [-0.2, 0) is 24.4 Å². The average Bonchev–Trinajstić information content (AvgIpc) is 3.12. The number of ether oxygens (including phenoxy) is 2. The molecule has 1 heterocycles. The summed E-state index contributed by atoms with van der Waals surface area (Å²) in [6, 6.07) is 16.9. The average molecular weight is 487 g/mol. The minimum Gasteiger partial charge on any atom is -0.493 e. The van der Waals surface area contributed by atoms with Gasteiger partial charge in [-0.25, -0.2) is 9.18 Å². The van der Waals surface area contributed by atoms with Gasteiger partial charge in [-0.3, -0.25) is 9.69 Å². The Bertz CT molecular complexity index is 1310. The van der Waals surface area contributed by atoms with Gasteiger partial charge in [-0.2, -0.15) is 0 Å². The summed E-state index contributed by atoms with van der Waals surface area (Å²) in [4.78, 5) is 26.5. The zero-order valence-electron chi connectivity index (χ0n) is 20.2. The Kier molecular flexibility index (Phi) is 7.49. The number of nitrogens with one attached hydrogen (secondary N) is 1. The minimum absolute atomic E-state index is 0.0408. The number of rotatable bonds is 9. The Labute approximate surface area is 209 Å². The highest BCUT2D eigenvalue weighted by Gasteiger charge is 2.33. The van der Waals surface area contributed by atoms with Crippen molar-refractivity contribution in [2.75, 3.05) is 7.11 Å². The molecule has 0 saturated carbocycles. The third kappa shape index (κ3) is 5.63. The molecule has 184 valence electrons. The maximum atomic E-state index is 13.2. The summed E-state index contributed by atoms with van der Waals surface area (Å²) in [5, 5.41) is 2.62. The largest absolute Gasteiger partial charge is 0.493 e. The fraction of sp³-hybridized carbons (Fsp3) is 0.172. The summed E-state index contributed by atoms with van der Waals surface area (Å²) in [6.07, 6.45) is 3.88. The number of imide groups is 1. The number of nitrogens with zero attached hydrogens (tertiary/aromatic N) is 1. The lowest BCUT2D eigenvalue weighted by atomic mass is 10.0. The summed E-state index contributed by atoms with van der Waals surface area (Å²) in [7, 11) is 1.55. The number of halogens is 1. The number of amides is 3. The molecule has 1 N–H and O–H groups in total. The van der Waals surface area contributed by atoms with Crippen LogP contribution in [0.4, 0.5) is 9.18 Å². The van der Waals surface area contributed by atoms with E-state index in [1.165, 1.54) is 17.7 Å². The van der Waals surface area contributed by atoms with Gasteiger partial charge < -0.3 is 14.8 Å². The predicted octanol–water partition coefficient (Wildman–Crippen LogP) is 5.54. The first-order chi connectivity index (χ1) is 17.4. The highest BCUT2D eigenvalue weighted by molar-refractivity contribution is 6.13. The van der Waals surface area contributed by atoms with Crippen LogP contribution in [0.2, 0.25) is 0 Å². The maximum absolute atomic E-state index is 13.2. The Balaban J connectivity index is 1.58. The van der Waals surface area contributed by atoms with E-state index in [1.54, 1.807) is 37.5 Å². The molecule has 0 aliphatic carbocycles. The number of aryl methyl sites for hydroxylation is 1. The molecule has 36 heavy (non-hydrogen) atoms. The van der Waals surface area contributed by atoms with Crippen molar-refractivity contribution in [1.29, 1.82) is 0 Å². The normalized spacial score (nSPS) is 14.2. The monoisotopic (exact) mass is 486 g/mol. The van der Waals surface area contributed by atoms with Gasteiger partial charge in [-0.15, -0.1) is 6.58 Å². The number of hydrogen-bond acceptors (Lipinski definition) is 4. The van der Waals surface area contributed by atoms with Crippen molar-refractivity contribution in [3.05, 3.63) is 113 Å². The van der Waals surface area contributed by atoms with E-state index in [2.05, 4.69) is 11.9 Å². The predicted molar refractivity (Wildman–Crippen MR) is 136 cm³/mol.